The molecule has 0 aliphatic heterocycles. The topological polar surface area (TPSA) is 0 Å². The lowest BCUT2D eigenvalue weighted by atomic mass is 9.73. The van der Waals surface area contributed by atoms with Gasteiger partial charge in [-0.15, -0.1) is 12.3 Å². The van der Waals surface area contributed by atoms with Crippen molar-refractivity contribution in [3.63, 3.8) is 0 Å². The van der Waals surface area contributed by atoms with E-state index < -0.39 is 0 Å². The molecule has 0 saturated carbocycles. The van der Waals surface area contributed by atoms with Gasteiger partial charge in [-0.25, -0.2) is 0 Å². The number of terminal acetylenes is 1. The molecule has 0 aliphatic carbocycles. The van der Waals surface area contributed by atoms with E-state index in [9.17, 15) is 0 Å². The smallest absolute Gasteiger partial charge is 0.120 e. The third-order valence-corrected chi connectivity index (χ3v) is 5.50. The standard InChI is InChI=1S/C17H28P/c1-10-11-14(6)16(12(2)3)17(13(4)5)15(7)18(8)9/h1,14-17H,2,4,8,11H2,3,5-7,9H3/q+1. The van der Waals surface area contributed by atoms with E-state index in [1.165, 1.54) is 11.1 Å². The average Bonchev–Trinajstić information content (AvgIpc) is 2.23. The maximum atomic E-state index is 5.47. The highest BCUT2D eigenvalue weighted by atomic mass is 31.1. The first kappa shape index (κ1) is 17.2. The van der Waals surface area contributed by atoms with E-state index in [1.807, 2.05) is 0 Å². The van der Waals surface area contributed by atoms with Crippen LogP contribution in [-0.4, -0.2) is 18.6 Å². The summed E-state index contributed by atoms with van der Waals surface area (Å²) in [4.78, 5) is 0. The number of rotatable bonds is 7. The molecule has 0 N–H and O–H groups in total. The minimum Gasteiger partial charge on any atom is -0.120 e. The summed E-state index contributed by atoms with van der Waals surface area (Å²) in [6.45, 7) is 19.4. The lowest BCUT2D eigenvalue weighted by Crippen LogP contribution is -2.30. The van der Waals surface area contributed by atoms with Gasteiger partial charge in [0, 0.05) is 12.3 Å². The number of allylic oxidation sites excluding steroid dienone is 2. The zero-order valence-corrected chi connectivity index (χ0v) is 13.6. The van der Waals surface area contributed by atoms with Crippen molar-refractivity contribution in [2.75, 3.05) is 6.66 Å². The molecule has 0 nitrogen and oxygen atoms in total. The maximum absolute atomic E-state index is 5.47. The third-order valence-electron chi connectivity index (χ3n) is 3.79. The van der Waals surface area contributed by atoms with Crippen LogP contribution in [0.1, 0.15) is 34.1 Å². The van der Waals surface area contributed by atoms with Crippen LogP contribution in [0.3, 0.4) is 0 Å². The zero-order chi connectivity index (χ0) is 14.5. The fraction of sp³-hybridized carbons (Fsp3) is 0.588. The molecule has 0 saturated heterocycles. The van der Waals surface area contributed by atoms with Crippen LogP contribution >= 0.6 is 7.55 Å². The Morgan fingerprint density at radius 1 is 1.17 bits per heavy atom. The van der Waals surface area contributed by atoms with Crippen LogP contribution in [0.4, 0.5) is 0 Å². The van der Waals surface area contributed by atoms with Crippen molar-refractivity contribution in [2.45, 2.75) is 39.8 Å². The quantitative estimate of drug-likeness (QED) is 0.346. The fourth-order valence-corrected chi connectivity index (χ4v) is 3.74. The van der Waals surface area contributed by atoms with Crippen LogP contribution in [-0.2, 0) is 0 Å². The van der Waals surface area contributed by atoms with Gasteiger partial charge in [0.1, 0.15) is 5.66 Å². The monoisotopic (exact) mass is 263 g/mol. The Balaban J connectivity index is 5.39. The van der Waals surface area contributed by atoms with Crippen molar-refractivity contribution in [1.82, 2.24) is 0 Å². The molecule has 0 heterocycles. The largest absolute Gasteiger partial charge is 0.120 e. The van der Waals surface area contributed by atoms with E-state index in [2.05, 4.69) is 59.7 Å². The van der Waals surface area contributed by atoms with Crippen molar-refractivity contribution < 1.29 is 0 Å². The van der Waals surface area contributed by atoms with Crippen molar-refractivity contribution in [1.29, 1.82) is 0 Å². The van der Waals surface area contributed by atoms with Gasteiger partial charge in [-0.1, -0.05) is 31.2 Å². The van der Waals surface area contributed by atoms with Gasteiger partial charge in [-0.05, 0) is 32.6 Å². The fourth-order valence-electron chi connectivity index (χ4n) is 2.75. The molecule has 0 aliphatic rings. The Labute approximate surface area is 115 Å². The summed E-state index contributed by atoms with van der Waals surface area (Å²) in [7, 11) is -0.228. The highest BCUT2D eigenvalue weighted by molar-refractivity contribution is 7.55. The van der Waals surface area contributed by atoms with Crippen LogP contribution in [0.25, 0.3) is 0 Å². The number of hydrogen-bond acceptors (Lipinski definition) is 0. The molecule has 5 atom stereocenters. The minimum absolute atomic E-state index is 0.228. The van der Waals surface area contributed by atoms with Gasteiger partial charge in [-0.2, -0.15) is 0 Å². The van der Waals surface area contributed by atoms with E-state index in [-0.39, 0.29) is 7.55 Å². The van der Waals surface area contributed by atoms with E-state index in [4.69, 9.17) is 6.42 Å². The lowest BCUT2D eigenvalue weighted by Gasteiger charge is -2.33. The molecular formula is C17H28P+. The molecule has 0 aromatic rings. The Morgan fingerprint density at radius 3 is 1.89 bits per heavy atom. The van der Waals surface area contributed by atoms with Crippen molar-refractivity contribution >= 4 is 13.8 Å². The van der Waals surface area contributed by atoms with Gasteiger partial charge in [-0.3, -0.25) is 0 Å². The summed E-state index contributed by atoms with van der Waals surface area (Å²) in [5, 5.41) is 0. The van der Waals surface area contributed by atoms with Crippen LogP contribution in [0, 0.1) is 30.1 Å². The predicted octanol–water partition coefficient (Wildman–Crippen LogP) is 4.96. The molecule has 0 aromatic carbocycles. The minimum atomic E-state index is -0.228. The molecule has 5 unspecified atom stereocenters. The summed E-state index contributed by atoms with van der Waals surface area (Å²) in [5.41, 5.74) is 3.01. The van der Waals surface area contributed by atoms with E-state index in [0.29, 0.717) is 23.4 Å². The van der Waals surface area contributed by atoms with Crippen molar-refractivity contribution in [2.24, 2.45) is 17.8 Å². The summed E-state index contributed by atoms with van der Waals surface area (Å²) < 4.78 is 0. The highest BCUT2D eigenvalue weighted by Gasteiger charge is 2.35. The van der Waals surface area contributed by atoms with Gasteiger partial charge >= 0.3 is 0 Å². The summed E-state index contributed by atoms with van der Waals surface area (Å²) in [5.74, 6) is 4.10. The molecule has 0 rings (SSSR count). The van der Waals surface area contributed by atoms with E-state index in [0.717, 1.165) is 6.42 Å². The molecule has 0 aromatic heterocycles. The molecule has 0 bridgehead atoms. The molecular weight excluding hydrogens is 235 g/mol. The lowest BCUT2D eigenvalue weighted by molar-refractivity contribution is 0.316. The number of hydrogen-bond donors (Lipinski definition) is 0. The van der Waals surface area contributed by atoms with Gasteiger partial charge in [0.2, 0.25) is 0 Å². The Morgan fingerprint density at radius 2 is 1.61 bits per heavy atom. The zero-order valence-electron chi connectivity index (χ0n) is 12.7. The first-order chi connectivity index (χ1) is 8.23. The van der Waals surface area contributed by atoms with E-state index in [1.54, 1.807) is 0 Å². The predicted molar refractivity (Wildman–Crippen MR) is 88.6 cm³/mol. The van der Waals surface area contributed by atoms with Gasteiger partial charge in [0.15, 0.2) is 0 Å². The molecule has 0 spiro atoms. The third kappa shape index (κ3) is 4.47. The average molecular weight is 263 g/mol. The molecule has 0 radical (unpaired) electrons. The second-order valence-corrected chi connectivity index (χ2v) is 7.96. The van der Waals surface area contributed by atoms with Gasteiger partial charge in [0.05, 0.1) is 20.5 Å². The van der Waals surface area contributed by atoms with Gasteiger partial charge < -0.3 is 0 Å². The van der Waals surface area contributed by atoms with Crippen molar-refractivity contribution in [3.05, 3.63) is 24.3 Å². The molecule has 0 amide bonds. The van der Waals surface area contributed by atoms with Crippen LogP contribution in [0.5, 0.6) is 0 Å². The molecule has 18 heavy (non-hydrogen) atoms. The summed E-state index contributed by atoms with van der Waals surface area (Å²) >= 11 is 0. The first-order valence-electron chi connectivity index (χ1n) is 6.51. The van der Waals surface area contributed by atoms with Crippen LogP contribution in [0.2, 0.25) is 0 Å². The van der Waals surface area contributed by atoms with Crippen molar-refractivity contribution in [3.8, 4) is 12.3 Å². The van der Waals surface area contributed by atoms with Crippen LogP contribution < -0.4 is 0 Å². The Hall–Kier alpha value is -0.790. The first-order valence-corrected chi connectivity index (χ1v) is 8.55. The highest BCUT2D eigenvalue weighted by Crippen LogP contribution is 2.42. The van der Waals surface area contributed by atoms with E-state index >= 15 is 0 Å². The second-order valence-electron chi connectivity index (χ2n) is 5.63. The molecule has 1 heteroatoms. The van der Waals surface area contributed by atoms with Crippen LogP contribution in [0.15, 0.2) is 24.3 Å². The normalized spacial score (nSPS) is 18.1. The second kappa shape index (κ2) is 7.60. The summed E-state index contributed by atoms with van der Waals surface area (Å²) in [6, 6.07) is 0. The SMILES string of the molecule is C#CCC(C)C(C(=C)C)C(C(=C)C)C(C)[P+](=C)C. The Bertz CT molecular complexity index is 370. The Kier molecular flexibility index (Phi) is 7.27. The molecule has 0 fully saturated rings. The maximum Gasteiger partial charge on any atom is 0.120 e. The molecule has 100 valence electrons. The summed E-state index contributed by atoms with van der Waals surface area (Å²) in [6.07, 6.45) is 10.5. The van der Waals surface area contributed by atoms with Gasteiger partial charge in [0.25, 0.3) is 0 Å².